The van der Waals surface area contributed by atoms with Crippen LogP contribution in [0.3, 0.4) is 0 Å². The lowest BCUT2D eigenvalue weighted by molar-refractivity contribution is 1.62. The first-order valence-corrected chi connectivity index (χ1v) is 3.05. The molecule has 0 aliphatic heterocycles. The van der Waals surface area contributed by atoms with Crippen LogP contribution in [-0.2, 0) is 0 Å². The van der Waals surface area contributed by atoms with Crippen LogP contribution in [0.2, 0.25) is 0 Å². The van der Waals surface area contributed by atoms with Gasteiger partial charge in [-0.1, -0.05) is 41.4 Å². The van der Waals surface area contributed by atoms with Gasteiger partial charge in [-0.3, -0.25) is 0 Å². The standard InChI is InChI=1S/C5H5Cl3/c1-3(6)5(8)4(2)7/h1H2,2H3. The van der Waals surface area contributed by atoms with Crippen LogP contribution in [0.25, 0.3) is 0 Å². The van der Waals surface area contributed by atoms with Gasteiger partial charge >= 0.3 is 0 Å². The fraction of sp³-hybridized carbons (Fsp3) is 0.200. The summed E-state index contributed by atoms with van der Waals surface area (Å²) < 4.78 is 0. The number of halogens is 3. The Morgan fingerprint density at radius 3 is 1.62 bits per heavy atom. The molecular formula is C5H5Cl3. The largest absolute Gasteiger partial charge is 0.0878 e. The molecule has 0 N–H and O–H groups in total. The Morgan fingerprint density at radius 2 is 1.62 bits per heavy atom. The maximum Gasteiger partial charge on any atom is 0.0728 e. The van der Waals surface area contributed by atoms with Crippen LogP contribution in [-0.4, -0.2) is 0 Å². The van der Waals surface area contributed by atoms with E-state index < -0.39 is 0 Å². The van der Waals surface area contributed by atoms with E-state index in [1.165, 1.54) is 0 Å². The summed E-state index contributed by atoms with van der Waals surface area (Å²) in [5.74, 6) is 0. The molecule has 3 heteroatoms. The summed E-state index contributed by atoms with van der Waals surface area (Å²) in [6.07, 6.45) is 0. The molecule has 0 aliphatic carbocycles. The Bertz CT molecular complexity index is 131. The molecule has 0 aliphatic rings. The van der Waals surface area contributed by atoms with Crippen LogP contribution in [0.1, 0.15) is 6.92 Å². The zero-order valence-electron chi connectivity index (χ0n) is 4.34. The maximum atomic E-state index is 5.47. The van der Waals surface area contributed by atoms with Gasteiger partial charge in [0.05, 0.1) is 10.1 Å². The Morgan fingerprint density at radius 1 is 1.25 bits per heavy atom. The normalized spacial score (nSPS) is 13.0. The van der Waals surface area contributed by atoms with Gasteiger partial charge in [0.15, 0.2) is 0 Å². The van der Waals surface area contributed by atoms with Crippen molar-refractivity contribution in [1.82, 2.24) is 0 Å². The second-order valence-electron chi connectivity index (χ2n) is 1.25. The van der Waals surface area contributed by atoms with E-state index in [1.54, 1.807) is 6.92 Å². The third kappa shape index (κ3) is 2.61. The van der Waals surface area contributed by atoms with Crippen LogP contribution in [0, 0.1) is 0 Å². The van der Waals surface area contributed by atoms with Gasteiger partial charge in [0, 0.05) is 5.03 Å². The fourth-order valence-corrected chi connectivity index (χ4v) is 0.491. The summed E-state index contributed by atoms with van der Waals surface area (Å²) in [7, 11) is 0. The number of rotatable bonds is 1. The topological polar surface area (TPSA) is 0 Å². The first kappa shape index (κ1) is 8.35. The second kappa shape index (κ2) is 3.39. The summed E-state index contributed by atoms with van der Waals surface area (Å²) >= 11 is 16.2. The van der Waals surface area contributed by atoms with Crippen molar-refractivity contribution in [1.29, 1.82) is 0 Å². The molecule has 8 heavy (non-hydrogen) atoms. The molecule has 0 radical (unpaired) electrons. The van der Waals surface area contributed by atoms with Crippen molar-refractivity contribution >= 4 is 34.8 Å². The van der Waals surface area contributed by atoms with Gasteiger partial charge in [-0.25, -0.2) is 0 Å². The number of hydrogen-bond acceptors (Lipinski definition) is 0. The molecular weight excluding hydrogens is 166 g/mol. The van der Waals surface area contributed by atoms with Crippen molar-refractivity contribution in [2.45, 2.75) is 6.92 Å². The minimum atomic E-state index is 0.277. The van der Waals surface area contributed by atoms with Gasteiger partial charge in [0.25, 0.3) is 0 Å². The van der Waals surface area contributed by atoms with Crippen LogP contribution in [0.4, 0.5) is 0 Å². The van der Waals surface area contributed by atoms with Gasteiger partial charge in [0.2, 0.25) is 0 Å². The number of hydrogen-bond donors (Lipinski definition) is 0. The minimum absolute atomic E-state index is 0.277. The molecule has 0 fully saturated rings. The lowest BCUT2D eigenvalue weighted by atomic mass is 10.5. The number of allylic oxidation sites excluding steroid dienone is 3. The van der Waals surface area contributed by atoms with Gasteiger partial charge in [-0.2, -0.15) is 0 Å². The van der Waals surface area contributed by atoms with E-state index in [4.69, 9.17) is 34.8 Å². The van der Waals surface area contributed by atoms with Crippen molar-refractivity contribution < 1.29 is 0 Å². The predicted octanol–water partition coefficient (Wildman–Crippen LogP) is 3.45. The Hall–Kier alpha value is 0.350. The summed E-state index contributed by atoms with van der Waals surface area (Å²) in [4.78, 5) is 0. The smallest absolute Gasteiger partial charge is 0.0728 e. The van der Waals surface area contributed by atoms with Crippen molar-refractivity contribution in [2.24, 2.45) is 0 Å². The molecule has 0 aromatic carbocycles. The zero-order valence-corrected chi connectivity index (χ0v) is 6.61. The monoisotopic (exact) mass is 170 g/mol. The van der Waals surface area contributed by atoms with E-state index in [-0.39, 0.29) is 5.03 Å². The first-order valence-electron chi connectivity index (χ1n) is 1.92. The third-order valence-electron chi connectivity index (χ3n) is 0.541. The molecule has 0 bridgehead atoms. The molecule has 46 valence electrons. The Balaban J connectivity index is 4.23. The molecule has 0 spiro atoms. The Labute approximate surface area is 63.7 Å². The zero-order chi connectivity index (χ0) is 6.73. The highest BCUT2D eigenvalue weighted by Gasteiger charge is 1.96. The lowest BCUT2D eigenvalue weighted by Crippen LogP contribution is -1.69. The van der Waals surface area contributed by atoms with E-state index in [2.05, 4.69) is 6.58 Å². The van der Waals surface area contributed by atoms with Crippen LogP contribution < -0.4 is 0 Å². The quantitative estimate of drug-likeness (QED) is 0.530. The molecule has 0 aromatic rings. The molecule has 0 saturated carbocycles. The summed E-state index contributed by atoms with van der Waals surface area (Å²) in [5.41, 5.74) is 0. The minimum Gasteiger partial charge on any atom is -0.0878 e. The highest BCUT2D eigenvalue weighted by atomic mass is 35.5. The molecule has 0 nitrogen and oxygen atoms in total. The highest BCUT2D eigenvalue weighted by molar-refractivity contribution is 6.47. The average Bonchev–Trinajstić information content (AvgIpc) is 1.64. The van der Waals surface area contributed by atoms with E-state index in [1.807, 2.05) is 0 Å². The molecule has 0 saturated heterocycles. The van der Waals surface area contributed by atoms with E-state index in [0.29, 0.717) is 10.1 Å². The Kier molecular flexibility index (Phi) is 3.54. The van der Waals surface area contributed by atoms with Crippen LogP contribution >= 0.6 is 34.8 Å². The molecule has 0 aromatic heterocycles. The molecule has 0 rings (SSSR count). The lowest BCUT2D eigenvalue weighted by Gasteiger charge is -1.91. The van der Waals surface area contributed by atoms with Crippen molar-refractivity contribution in [3.8, 4) is 0 Å². The highest BCUT2D eigenvalue weighted by Crippen LogP contribution is 2.22. The maximum absolute atomic E-state index is 5.47. The predicted molar refractivity (Wildman–Crippen MR) is 39.4 cm³/mol. The van der Waals surface area contributed by atoms with Crippen molar-refractivity contribution in [3.63, 3.8) is 0 Å². The summed E-state index contributed by atoms with van der Waals surface area (Å²) in [6.45, 7) is 5.02. The van der Waals surface area contributed by atoms with Crippen LogP contribution in [0.5, 0.6) is 0 Å². The molecule has 0 atom stereocenters. The second-order valence-corrected chi connectivity index (χ2v) is 2.65. The molecule has 0 amide bonds. The molecule has 0 unspecified atom stereocenters. The van der Waals surface area contributed by atoms with E-state index in [9.17, 15) is 0 Å². The third-order valence-corrected chi connectivity index (χ3v) is 1.62. The van der Waals surface area contributed by atoms with Crippen molar-refractivity contribution in [3.05, 3.63) is 21.7 Å². The van der Waals surface area contributed by atoms with Gasteiger partial charge in [-0.15, -0.1) is 0 Å². The fourth-order valence-electron chi connectivity index (χ4n) is 0.187. The van der Waals surface area contributed by atoms with Gasteiger partial charge in [-0.05, 0) is 6.92 Å². The van der Waals surface area contributed by atoms with Crippen LogP contribution in [0.15, 0.2) is 21.7 Å². The average molecular weight is 171 g/mol. The van der Waals surface area contributed by atoms with Gasteiger partial charge in [0.1, 0.15) is 0 Å². The van der Waals surface area contributed by atoms with Crippen molar-refractivity contribution in [2.75, 3.05) is 0 Å². The summed E-state index contributed by atoms with van der Waals surface area (Å²) in [5, 5.41) is 1.07. The van der Waals surface area contributed by atoms with E-state index in [0.717, 1.165) is 0 Å². The molecule has 0 heterocycles. The first-order chi connectivity index (χ1) is 3.55. The summed E-state index contributed by atoms with van der Waals surface area (Å²) in [6, 6.07) is 0. The SMILES string of the molecule is C=C(Cl)C(Cl)=C(C)Cl. The van der Waals surface area contributed by atoms with E-state index >= 15 is 0 Å². The van der Waals surface area contributed by atoms with Gasteiger partial charge < -0.3 is 0 Å².